The molecule has 0 bridgehead atoms. The lowest BCUT2D eigenvalue weighted by atomic mass is 10.0. The van der Waals surface area contributed by atoms with Gasteiger partial charge in [0.25, 0.3) is 0 Å². The molecule has 0 heterocycles. The zero-order valence-electron chi connectivity index (χ0n) is 7.67. The van der Waals surface area contributed by atoms with E-state index in [1.54, 1.807) is 0 Å². The molecule has 0 saturated carbocycles. The number of hydrogen-bond donors (Lipinski definition) is 0. The average Bonchev–Trinajstić information content (AvgIpc) is 1.78. The summed E-state index contributed by atoms with van der Waals surface area (Å²) >= 11 is 0. The zero-order valence-corrected chi connectivity index (χ0v) is 7.67. The second kappa shape index (κ2) is 4.89. The van der Waals surface area contributed by atoms with E-state index in [1.165, 1.54) is 6.92 Å². The van der Waals surface area contributed by atoms with Gasteiger partial charge in [-0.15, -0.1) is 0 Å². The highest BCUT2D eigenvalue weighted by atomic mass is 19.4. The smallest absolute Gasteiger partial charge is 0.171 e. The summed E-state index contributed by atoms with van der Waals surface area (Å²) in [6, 6.07) is 0. The summed E-state index contributed by atoms with van der Waals surface area (Å²) in [5, 5.41) is 0. The molecule has 14 heavy (non-hydrogen) atoms. The number of halogens is 6. The Bertz CT molecular complexity index is 156. The topological polar surface area (TPSA) is 0 Å². The Labute approximate surface area is 78.3 Å². The van der Waals surface area contributed by atoms with Crippen LogP contribution >= 0.6 is 0 Å². The molecule has 0 aromatic rings. The second-order valence-electron chi connectivity index (χ2n) is 3.43. The van der Waals surface area contributed by atoms with E-state index in [0.717, 1.165) is 0 Å². The predicted molar refractivity (Wildman–Crippen MR) is 39.7 cm³/mol. The molecule has 0 aliphatic carbocycles. The molecule has 1 unspecified atom stereocenters. The van der Waals surface area contributed by atoms with Gasteiger partial charge in [-0.1, -0.05) is 13.3 Å². The van der Waals surface area contributed by atoms with Crippen molar-refractivity contribution in [1.29, 1.82) is 0 Å². The first-order valence-corrected chi connectivity index (χ1v) is 4.23. The third-order valence-corrected chi connectivity index (χ3v) is 1.74. The van der Waals surface area contributed by atoms with E-state index in [1.807, 2.05) is 0 Å². The Morgan fingerprint density at radius 2 is 1.43 bits per heavy atom. The Hall–Kier alpha value is -0.420. The van der Waals surface area contributed by atoms with E-state index in [9.17, 15) is 26.3 Å². The van der Waals surface area contributed by atoms with Gasteiger partial charge in [-0.05, 0) is 12.3 Å². The van der Waals surface area contributed by atoms with Crippen LogP contribution < -0.4 is 0 Å². The van der Waals surface area contributed by atoms with Crippen LogP contribution in [0.3, 0.4) is 0 Å². The maximum Gasteiger partial charge on any atom is 0.389 e. The quantitative estimate of drug-likeness (QED) is 0.622. The molecule has 0 nitrogen and oxygen atoms in total. The lowest BCUT2D eigenvalue weighted by Gasteiger charge is -2.14. The van der Waals surface area contributed by atoms with E-state index in [0.29, 0.717) is 0 Å². The first kappa shape index (κ1) is 13.6. The van der Waals surface area contributed by atoms with Crippen molar-refractivity contribution < 1.29 is 26.3 Å². The third kappa shape index (κ3) is 9.67. The van der Waals surface area contributed by atoms with Crippen LogP contribution in [-0.2, 0) is 0 Å². The second-order valence-corrected chi connectivity index (χ2v) is 3.43. The van der Waals surface area contributed by atoms with E-state index in [-0.39, 0.29) is 12.8 Å². The van der Waals surface area contributed by atoms with E-state index in [2.05, 4.69) is 0 Å². The lowest BCUT2D eigenvalue weighted by Crippen LogP contribution is -2.14. The molecular weight excluding hydrogens is 210 g/mol. The van der Waals surface area contributed by atoms with Gasteiger partial charge in [0.05, 0.1) is 0 Å². The lowest BCUT2D eigenvalue weighted by molar-refractivity contribution is -0.146. The van der Waals surface area contributed by atoms with E-state index in [4.69, 9.17) is 0 Å². The van der Waals surface area contributed by atoms with Crippen molar-refractivity contribution in [1.82, 2.24) is 0 Å². The third-order valence-electron chi connectivity index (χ3n) is 1.74. The minimum Gasteiger partial charge on any atom is -0.171 e. The van der Waals surface area contributed by atoms with E-state index < -0.39 is 31.1 Å². The molecule has 0 saturated heterocycles. The zero-order chi connectivity index (χ0) is 11.4. The minimum atomic E-state index is -4.28. The first-order chi connectivity index (χ1) is 6.10. The average molecular weight is 222 g/mol. The Morgan fingerprint density at radius 1 is 0.929 bits per heavy atom. The van der Waals surface area contributed by atoms with Gasteiger partial charge in [0.1, 0.15) is 0 Å². The van der Waals surface area contributed by atoms with E-state index >= 15 is 0 Å². The molecule has 0 amide bonds. The summed E-state index contributed by atoms with van der Waals surface area (Å²) in [6.45, 7) is 1.31. The summed E-state index contributed by atoms with van der Waals surface area (Å²) < 4.78 is 70.1. The highest BCUT2D eigenvalue weighted by molar-refractivity contribution is 4.61. The molecule has 0 radical (unpaired) electrons. The predicted octanol–water partition coefficient (Wildman–Crippen LogP) is 4.31. The molecule has 6 heteroatoms. The van der Waals surface area contributed by atoms with Gasteiger partial charge in [0.15, 0.2) is 0 Å². The molecule has 1 atom stereocenters. The van der Waals surface area contributed by atoms with Crippen LogP contribution in [0.1, 0.15) is 32.6 Å². The van der Waals surface area contributed by atoms with Gasteiger partial charge >= 0.3 is 12.4 Å². The van der Waals surface area contributed by atoms with Gasteiger partial charge in [-0.2, -0.15) is 26.3 Å². The van der Waals surface area contributed by atoms with Crippen LogP contribution in [0.25, 0.3) is 0 Å². The van der Waals surface area contributed by atoms with Gasteiger partial charge in [0, 0.05) is 12.8 Å². The summed E-state index contributed by atoms with van der Waals surface area (Å²) in [7, 11) is 0. The largest absolute Gasteiger partial charge is 0.389 e. The van der Waals surface area contributed by atoms with Gasteiger partial charge < -0.3 is 0 Å². The molecule has 0 aromatic heterocycles. The van der Waals surface area contributed by atoms with Crippen molar-refractivity contribution in [3.63, 3.8) is 0 Å². The summed E-state index contributed by atoms with van der Waals surface area (Å²) in [4.78, 5) is 0. The Kier molecular flexibility index (Phi) is 4.74. The molecule has 0 rings (SSSR count). The maximum atomic E-state index is 11.7. The Balaban J connectivity index is 3.60. The molecule has 86 valence electrons. The highest BCUT2D eigenvalue weighted by Crippen LogP contribution is 2.29. The van der Waals surface area contributed by atoms with Crippen LogP contribution in [0.15, 0.2) is 0 Å². The van der Waals surface area contributed by atoms with Gasteiger partial charge in [0.2, 0.25) is 0 Å². The van der Waals surface area contributed by atoms with Crippen LogP contribution in [0, 0.1) is 5.92 Å². The fourth-order valence-corrected chi connectivity index (χ4v) is 1.15. The molecule has 0 aliphatic rings. The van der Waals surface area contributed by atoms with Crippen molar-refractivity contribution in [2.24, 2.45) is 5.92 Å². The fourth-order valence-electron chi connectivity index (χ4n) is 1.15. The van der Waals surface area contributed by atoms with Crippen molar-refractivity contribution >= 4 is 0 Å². The number of hydrogen-bond acceptors (Lipinski definition) is 0. The molecule has 0 spiro atoms. The van der Waals surface area contributed by atoms with Crippen LogP contribution in [0.4, 0.5) is 26.3 Å². The van der Waals surface area contributed by atoms with Gasteiger partial charge in [-0.25, -0.2) is 0 Å². The fraction of sp³-hybridized carbons (Fsp3) is 1.00. The first-order valence-electron chi connectivity index (χ1n) is 4.23. The van der Waals surface area contributed by atoms with Crippen LogP contribution in [0.2, 0.25) is 0 Å². The Morgan fingerprint density at radius 3 is 1.79 bits per heavy atom. The summed E-state index contributed by atoms with van der Waals surface area (Å²) in [6.07, 6.45) is -10.8. The highest BCUT2D eigenvalue weighted by Gasteiger charge is 2.31. The maximum absolute atomic E-state index is 11.7. The molecule has 0 N–H and O–H groups in total. The number of alkyl halides is 6. The SMILES string of the molecule is CC(CCCC(F)(F)F)CC(F)(F)F. The van der Waals surface area contributed by atoms with Crippen molar-refractivity contribution in [2.45, 2.75) is 45.0 Å². The monoisotopic (exact) mass is 222 g/mol. The normalized spacial score (nSPS) is 15.6. The molecule has 0 aromatic carbocycles. The summed E-state index contributed by atoms with van der Waals surface area (Å²) in [5.41, 5.74) is 0. The minimum absolute atomic E-state index is 0.0426. The molecule has 0 fully saturated rings. The van der Waals surface area contributed by atoms with Crippen molar-refractivity contribution in [3.8, 4) is 0 Å². The molecule has 0 aliphatic heterocycles. The standard InChI is InChI=1S/C8H12F6/c1-6(5-8(12,13)14)3-2-4-7(9,10)11/h6H,2-5H2,1H3. The molecular formula is C8H12F6. The number of rotatable bonds is 4. The van der Waals surface area contributed by atoms with Crippen molar-refractivity contribution in [2.75, 3.05) is 0 Å². The van der Waals surface area contributed by atoms with Crippen LogP contribution in [0.5, 0.6) is 0 Å². The summed E-state index contributed by atoms with van der Waals surface area (Å²) in [5.74, 6) is -0.739. The van der Waals surface area contributed by atoms with Crippen molar-refractivity contribution in [3.05, 3.63) is 0 Å². The van der Waals surface area contributed by atoms with Gasteiger partial charge in [-0.3, -0.25) is 0 Å². The van der Waals surface area contributed by atoms with Crippen LogP contribution in [-0.4, -0.2) is 12.4 Å².